The first kappa shape index (κ1) is 13.3. The van der Waals surface area contributed by atoms with Crippen molar-refractivity contribution < 1.29 is 14.6 Å². The van der Waals surface area contributed by atoms with E-state index in [4.69, 9.17) is 4.74 Å². The lowest BCUT2D eigenvalue weighted by Gasteiger charge is -2.03. The van der Waals surface area contributed by atoms with Crippen molar-refractivity contribution in [1.29, 1.82) is 0 Å². The van der Waals surface area contributed by atoms with Crippen LogP contribution in [-0.4, -0.2) is 38.8 Å². The van der Waals surface area contributed by atoms with Crippen molar-refractivity contribution in [2.75, 3.05) is 7.11 Å². The molecule has 0 aliphatic carbocycles. The molecule has 8 heteroatoms. The third-order valence-electron chi connectivity index (χ3n) is 2.90. The second-order valence-corrected chi connectivity index (χ2v) is 5.19. The first-order valence-corrected chi connectivity index (χ1v) is 6.76. The highest BCUT2D eigenvalue weighted by molar-refractivity contribution is 7.18. The van der Waals surface area contributed by atoms with E-state index in [1.807, 2.05) is 24.3 Å². The van der Waals surface area contributed by atoms with Crippen molar-refractivity contribution in [3.05, 3.63) is 35.2 Å². The Bertz CT molecular complexity index is 765. The van der Waals surface area contributed by atoms with E-state index in [1.165, 1.54) is 11.3 Å². The zero-order valence-electron chi connectivity index (χ0n) is 10.9. The number of aromatic nitrogens is 4. The molecule has 0 bridgehead atoms. The van der Waals surface area contributed by atoms with Gasteiger partial charge in [-0.2, -0.15) is 0 Å². The quantitative estimate of drug-likeness (QED) is 0.767. The monoisotopic (exact) mass is 302 g/mol. The number of carbonyl (C=O) groups is 1. The Balaban J connectivity index is 2.13. The Hall–Kier alpha value is -2.74. The van der Waals surface area contributed by atoms with E-state index in [1.54, 1.807) is 13.2 Å². The molecule has 0 atom stereocenters. The predicted octanol–water partition coefficient (Wildman–Crippen LogP) is 2.30. The molecule has 21 heavy (non-hydrogen) atoms. The molecule has 2 aromatic heterocycles. The van der Waals surface area contributed by atoms with Crippen LogP contribution in [0.1, 0.15) is 9.67 Å². The summed E-state index contributed by atoms with van der Waals surface area (Å²) in [6, 6.07) is 8.93. The van der Waals surface area contributed by atoms with Crippen LogP contribution >= 0.6 is 11.3 Å². The second kappa shape index (κ2) is 5.33. The number of tetrazole rings is 1. The molecule has 0 radical (unpaired) electrons. The normalized spacial score (nSPS) is 10.5. The van der Waals surface area contributed by atoms with Crippen LogP contribution < -0.4 is 4.74 Å². The van der Waals surface area contributed by atoms with Crippen molar-refractivity contribution in [3.63, 3.8) is 0 Å². The molecule has 3 rings (SSSR count). The first-order valence-electron chi connectivity index (χ1n) is 5.94. The maximum atomic E-state index is 11.2. The minimum absolute atomic E-state index is 0.229. The summed E-state index contributed by atoms with van der Waals surface area (Å²) < 4.78 is 5.12. The minimum atomic E-state index is -0.978. The fraction of sp³-hybridized carbons (Fsp3) is 0.0769. The maximum Gasteiger partial charge on any atom is 0.345 e. The van der Waals surface area contributed by atoms with Gasteiger partial charge in [0, 0.05) is 10.4 Å². The van der Waals surface area contributed by atoms with Crippen LogP contribution in [0.5, 0.6) is 5.75 Å². The summed E-state index contributed by atoms with van der Waals surface area (Å²) in [5.41, 5.74) is 1.53. The molecule has 0 saturated carbocycles. The van der Waals surface area contributed by atoms with E-state index < -0.39 is 5.97 Å². The molecule has 0 aliphatic rings. The molecule has 0 fully saturated rings. The fourth-order valence-corrected chi connectivity index (χ4v) is 2.91. The van der Waals surface area contributed by atoms with Crippen LogP contribution in [0, 0.1) is 0 Å². The van der Waals surface area contributed by atoms with Gasteiger partial charge in [-0.05, 0) is 46.3 Å². The number of carboxylic acid groups (broad SMARTS) is 1. The molecule has 1 aromatic carbocycles. The zero-order chi connectivity index (χ0) is 14.8. The highest BCUT2D eigenvalue weighted by Gasteiger charge is 2.18. The third-order valence-corrected chi connectivity index (χ3v) is 4.07. The van der Waals surface area contributed by atoms with Crippen LogP contribution in [0.25, 0.3) is 21.8 Å². The summed E-state index contributed by atoms with van der Waals surface area (Å²) in [5.74, 6) is 0.190. The van der Waals surface area contributed by atoms with Crippen LogP contribution in [0.15, 0.2) is 30.3 Å². The minimum Gasteiger partial charge on any atom is -0.497 e. The van der Waals surface area contributed by atoms with Crippen LogP contribution in [0.2, 0.25) is 0 Å². The number of aromatic carboxylic acids is 1. The molecule has 106 valence electrons. The topological polar surface area (TPSA) is 101 Å². The fourth-order valence-electron chi connectivity index (χ4n) is 1.90. The van der Waals surface area contributed by atoms with Gasteiger partial charge in [0.05, 0.1) is 7.11 Å². The van der Waals surface area contributed by atoms with Crippen molar-refractivity contribution in [1.82, 2.24) is 20.6 Å². The molecule has 7 nitrogen and oxygen atoms in total. The SMILES string of the molecule is COc1ccc(-c2sc(C(=O)O)cc2-c2nnn[nH]2)cc1. The standard InChI is InChI=1S/C13H10N4O3S/c1-20-8-4-2-7(3-5-8)11-9(12-14-16-17-15-12)6-10(21-11)13(18)19/h2-6H,1H3,(H,18,19)(H,14,15,16,17). The van der Waals surface area contributed by atoms with Crippen molar-refractivity contribution in [2.45, 2.75) is 0 Å². The van der Waals surface area contributed by atoms with Gasteiger partial charge in [-0.3, -0.25) is 0 Å². The lowest BCUT2D eigenvalue weighted by Crippen LogP contribution is -1.90. The van der Waals surface area contributed by atoms with E-state index in [2.05, 4.69) is 20.6 Å². The summed E-state index contributed by atoms with van der Waals surface area (Å²) in [7, 11) is 1.59. The Labute approximate surface area is 123 Å². The Morgan fingerprint density at radius 1 is 1.33 bits per heavy atom. The Kier molecular flexibility index (Phi) is 3.36. The van der Waals surface area contributed by atoms with Gasteiger partial charge in [0.25, 0.3) is 0 Å². The molecular formula is C13H10N4O3S. The molecule has 2 N–H and O–H groups in total. The summed E-state index contributed by atoms with van der Waals surface area (Å²) in [4.78, 5) is 12.2. The van der Waals surface area contributed by atoms with E-state index in [9.17, 15) is 9.90 Å². The first-order chi connectivity index (χ1) is 10.2. The summed E-state index contributed by atoms with van der Waals surface area (Å²) in [6.45, 7) is 0. The highest BCUT2D eigenvalue weighted by Crippen LogP contribution is 2.38. The van der Waals surface area contributed by atoms with E-state index in [0.717, 1.165) is 16.2 Å². The number of nitrogens with one attached hydrogen (secondary N) is 1. The molecule has 0 amide bonds. The lowest BCUT2D eigenvalue weighted by molar-refractivity contribution is 0.0702. The van der Waals surface area contributed by atoms with Gasteiger partial charge in [0.2, 0.25) is 0 Å². The predicted molar refractivity (Wildman–Crippen MR) is 76.4 cm³/mol. The molecule has 0 spiro atoms. The lowest BCUT2D eigenvalue weighted by atomic mass is 10.1. The zero-order valence-corrected chi connectivity index (χ0v) is 11.7. The molecular weight excluding hydrogens is 292 g/mol. The number of hydrogen-bond donors (Lipinski definition) is 2. The van der Waals surface area contributed by atoms with Gasteiger partial charge in [0.1, 0.15) is 10.6 Å². The number of rotatable bonds is 4. The van der Waals surface area contributed by atoms with Gasteiger partial charge < -0.3 is 9.84 Å². The highest BCUT2D eigenvalue weighted by atomic mass is 32.1. The Morgan fingerprint density at radius 3 is 2.67 bits per heavy atom. The number of methoxy groups -OCH3 is 1. The number of H-pyrrole nitrogens is 1. The van der Waals surface area contributed by atoms with Gasteiger partial charge in [-0.25, -0.2) is 9.89 Å². The Morgan fingerprint density at radius 2 is 2.10 bits per heavy atom. The van der Waals surface area contributed by atoms with Crippen LogP contribution in [0.3, 0.4) is 0 Å². The van der Waals surface area contributed by atoms with Gasteiger partial charge in [-0.15, -0.1) is 16.4 Å². The molecule has 0 saturated heterocycles. The van der Waals surface area contributed by atoms with Crippen LogP contribution in [0.4, 0.5) is 0 Å². The number of thiophene rings is 1. The number of nitrogens with zero attached hydrogens (tertiary/aromatic N) is 3. The van der Waals surface area contributed by atoms with Crippen molar-refractivity contribution in [3.8, 4) is 27.6 Å². The smallest absolute Gasteiger partial charge is 0.345 e. The molecule has 0 unspecified atom stereocenters. The second-order valence-electron chi connectivity index (χ2n) is 4.14. The van der Waals surface area contributed by atoms with Gasteiger partial charge >= 0.3 is 5.97 Å². The number of carboxylic acids is 1. The van der Waals surface area contributed by atoms with Gasteiger partial charge in [0.15, 0.2) is 5.82 Å². The summed E-state index contributed by atoms with van der Waals surface area (Å²) >= 11 is 1.18. The number of aromatic amines is 1. The molecule has 0 aliphatic heterocycles. The van der Waals surface area contributed by atoms with Crippen molar-refractivity contribution in [2.24, 2.45) is 0 Å². The largest absolute Gasteiger partial charge is 0.497 e. The van der Waals surface area contributed by atoms with E-state index in [-0.39, 0.29) is 4.88 Å². The third kappa shape index (κ3) is 2.48. The summed E-state index contributed by atoms with van der Waals surface area (Å²) in [6.07, 6.45) is 0. The van der Waals surface area contributed by atoms with Gasteiger partial charge in [-0.1, -0.05) is 0 Å². The van der Waals surface area contributed by atoms with E-state index in [0.29, 0.717) is 11.4 Å². The number of hydrogen-bond acceptors (Lipinski definition) is 6. The van der Waals surface area contributed by atoms with Crippen molar-refractivity contribution >= 4 is 17.3 Å². The number of benzene rings is 1. The molecule has 3 aromatic rings. The molecule has 2 heterocycles. The maximum absolute atomic E-state index is 11.2. The van der Waals surface area contributed by atoms with Crippen LogP contribution in [-0.2, 0) is 0 Å². The average molecular weight is 302 g/mol. The summed E-state index contributed by atoms with van der Waals surface area (Å²) in [5, 5.41) is 22.7. The number of ether oxygens (including phenoxy) is 1. The van der Waals surface area contributed by atoms with E-state index >= 15 is 0 Å². The average Bonchev–Trinajstić information content (AvgIpc) is 3.16.